The number of rotatable bonds is 2. The molecule has 0 N–H and O–H groups in total. The fraction of sp³-hybridized carbons (Fsp3) is 0.364. The van der Waals surface area contributed by atoms with Crippen LogP contribution in [0, 0.1) is 0 Å². The van der Waals surface area contributed by atoms with Crippen LogP contribution in [0.3, 0.4) is 0 Å². The van der Waals surface area contributed by atoms with Crippen LogP contribution in [0.25, 0.3) is 0 Å². The summed E-state index contributed by atoms with van der Waals surface area (Å²) in [5, 5.41) is -0.418. The third kappa shape index (κ3) is 2.82. The largest absolute Gasteiger partial charge is 0.368 e. The van der Waals surface area contributed by atoms with Crippen molar-refractivity contribution in [3.8, 4) is 0 Å². The fourth-order valence-electron chi connectivity index (χ4n) is 1.07. The van der Waals surface area contributed by atoms with Crippen LogP contribution >= 0.6 is 11.6 Å². The molecule has 0 spiro atoms. The van der Waals surface area contributed by atoms with E-state index in [1.165, 1.54) is 0 Å². The number of halogens is 1. The number of carbonyl (C=O) groups excluding carboxylic acids is 1. The lowest BCUT2D eigenvalue weighted by molar-refractivity contribution is 0.108. The zero-order valence-electron chi connectivity index (χ0n) is 8.29. The molecule has 1 heterocycles. The van der Waals surface area contributed by atoms with E-state index in [1.807, 2.05) is 26.0 Å². The molecule has 1 aliphatic rings. The third-order valence-electron chi connectivity index (χ3n) is 1.84. The molecule has 1 unspecified atom stereocenters. The van der Waals surface area contributed by atoms with Gasteiger partial charge in [0.15, 0.2) is 0 Å². The molecule has 1 saturated heterocycles. The zero-order chi connectivity index (χ0) is 10.6. The molecule has 76 valence electrons. The van der Waals surface area contributed by atoms with Crippen molar-refractivity contribution in [2.24, 2.45) is 0 Å². The zero-order valence-corrected chi connectivity index (χ0v) is 9.04. The van der Waals surface area contributed by atoms with Gasteiger partial charge in [-0.15, -0.1) is 0 Å². The Morgan fingerprint density at radius 1 is 1.36 bits per heavy atom. The summed E-state index contributed by atoms with van der Waals surface area (Å²) < 4.78 is 5.08. The monoisotopic (exact) mass is 212 g/mol. The van der Waals surface area contributed by atoms with E-state index < -0.39 is 5.24 Å². The lowest BCUT2D eigenvalue weighted by atomic mass is 10.1. The molecule has 2 rings (SSSR count). The minimum atomic E-state index is -0.418. The van der Waals surface area contributed by atoms with Gasteiger partial charge in [0, 0.05) is 5.56 Å². The number of ether oxygens (including phenoxy) is 1. The maximum atomic E-state index is 10.7. The first-order valence-electron chi connectivity index (χ1n) is 4.69. The van der Waals surface area contributed by atoms with Crippen molar-refractivity contribution in [2.75, 3.05) is 6.61 Å². The van der Waals surface area contributed by atoms with Gasteiger partial charge in [0.1, 0.15) is 6.10 Å². The molecule has 0 saturated carbocycles. The van der Waals surface area contributed by atoms with Crippen molar-refractivity contribution in [3.63, 3.8) is 0 Å². The highest BCUT2D eigenvalue weighted by atomic mass is 35.5. The molecule has 1 aromatic carbocycles. The first-order valence-corrected chi connectivity index (χ1v) is 5.06. The quantitative estimate of drug-likeness (QED) is 0.557. The second-order valence-electron chi connectivity index (χ2n) is 2.72. The highest BCUT2D eigenvalue weighted by Gasteiger charge is 2.24. The Morgan fingerprint density at radius 2 is 1.86 bits per heavy atom. The number of hydrogen-bond acceptors (Lipinski definition) is 2. The summed E-state index contributed by atoms with van der Waals surface area (Å²) in [5.41, 5.74) is 1.64. The van der Waals surface area contributed by atoms with Gasteiger partial charge in [-0.2, -0.15) is 0 Å². The topological polar surface area (TPSA) is 29.6 Å². The van der Waals surface area contributed by atoms with Gasteiger partial charge < -0.3 is 4.74 Å². The lowest BCUT2D eigenvalue weighted by Gasteiger charge is -1.95. The SMILES string of the molecule is CC.O=C(Cl)c1ccc(C2CO2)cc1. The Bertz CT molecular complexity index is 302. The van der Waals surface area contributed by atoms with Crippen LogP contribution in [0.5, 0.6) is 0 Å². The van der Waals surface area contributed by atoms with E-state index >= 15 is 0 Å². The van der Waals surface area contributed by atoms with Crippen LogP contribution in [0.1, 0.15) is 35.9 Å². The predicted molar refractivity (Wildman–Crippen MR) is 56.7 cm³/mol. The van der Waals surface area contributed by atoms with Gasteiger partial charge in [0.2, 0.25) is 0 Å². The van der Waals surface area contributed by atoms with Gasteiger partial charge in [0.25, 0.3) is 5.24 Å². The minimum absolute atomic E-state index is 0.240. The summed E-state index contributed by atoms with van der Waals surface area (Å²) >= 11 is 5.28. The van der Waals surface area contributed by atoms with Gasteiger partial charge in [-0.1, -0.05) is 26.0 Å². The average molecular weight is 213 g/mol. The van der Waals surface area contributed by atoms with Gasteiger partial charge in [-0.05, 0) is 29.3 Å². The van der Waals surface area contributed by atoms with Crippen LogP contribution in [0.15, 0.2) is 24.3 Å². The minimum Gasteiger partial charge on any atom is -0.368 e. The van der Waals surface area contributed by atoms with Crippen molar-refractivity contribution in [3.05, 3.63) is 35.4 Å². The van der Waals surface area contributed by atoms with Crippen LogP contribution in [-0.2, 0) is 4.74 Å². The number of benzene rings is 1. The van der Waals surface area contributed by atoms with Gasteiger partial charge >= 0.3 is 0 Å². The second-order valence-corrected chi connectivity index (χ2v) is 3.06. The summed E-state index contributed by atoms with van der Waals surface area (Å²) in [7, 11) is 0. The second kappa shape index (κ2) is 5.13. The van der Waals surface area contributed by atoms with E-state index in [9.17, 15) is 4.79 Å². The molecule has 1 fully saturated rings. The maximum absolute atomic E-state index is 10.7. The molecular formula is C11H13ClO2. The molecule has 2 nitrogen and oxygen atoms in total. The Kier molecular flexibility index (Phi) is 4.11. The summed E-state index contributed by atoms with van der Waals surface area (Å²) in [5.74, 6) is 0. The molecule has 14 heavy (non-hydrogen) atoms. The normalized spacial score (nSPS) is 18.1. The first-order chi connectivity index (χ1) is 6.77. The molecule has 0 bridgehead atoms. The van der Waals surface area contributed by atoms with Crippen molar-refractivity contribution in [2.45, 2.75) is 20.0 Å². The fourth-order valence-corrected chi connectivity index (χ4v) is 1.20. The van der Waals surface area contributed by atoms with Crippen molar-refractivity contribution in [1.29, 1.82) is 0 Å². The predicted octanol–water partition coefficient (Wildman–Crippen LogP) is 3.16. The molecule has 0 amide bonds. The molecular weight excluding hydrogens is 200 g/mol. The molecule has 3 heteroatoms. The molecule has 1 atom stereocenters. The van der Waals surface area contributed by atoms with Crippen molar-refractivity contribution in [1.82, 2.24) is 0 Å². The Balaban J connectivity index is 0.000000461. The third-order valence-corrected chi connectivity index (χ3v) is 2.06. The smallest absolute Gasteiger partial charge is 0.252 e. The molecule has 1 aliphatic heterocycles. The molecule has 0 aliphatic carbocycles. The molecule has 0 aromatic heterocycles. The Labute approximate surface area is 88.8 Å². The van der Waals surface area contributed by atoms with Crippen LogP contribution in [0.4, 0.5) is 0 Å². The van der Waals surface area contributed by atoms with E-state index in [0.717, 1.165) is 12.2 Å². The molecule has 1 aromatic rings. The summed E-state index contributed by atoms with van der Waals surface area (Å²) in [4.78, 5) is 10.7. The average Bonchev–Trinajstić information content (AvgIpc) is 3.04. The highest BCUT2D eigenvalue weighted by molar-refractivity contribution is 6.67. The van der Waals surface area contributed by atoms with E-state index in [0.29, 0.717) is 5.56 Å². The lowest BCUT2D eigenvalue weighted by Crippen LogP contribution is -1.88. The standard InChI is InChI=1S/C9H7ClO2.C2H6/c10-9(11)7-3-1-6(2-4-7)8-5-12-8;1-2/h1-4,8H,5H2;1-2H3. The number of epoxide rings is 1. The Morgan fingerprint density at radius 3 is 2.21 bits per heavy atom. The van der Waals surface area contributed by atoms with Gasteiger partial charge in [-0.3, -0.25) is 4.79 Å². The summed E-state index contributed by atoms with van der Waals surface area (Å²) in [6.45, 7) is 4.79. The van der Waals surface area contributed by atoms with Gasteiger partial charge in [-0.25, -0.2) is 0 Å². The summed E-state index contributed by atoms with van der Waals surface area (Å²) in [6.07, 6.45) is 0.240. The maximum Gasteiger partial charge on any atom is 0.252 e. The first kappa shape index (κ1) is 11.2. The van der Waals surface area contributed by atoms with Gasteiger partial charge in [0.05, 0.1) is 6.61 Å². The van der Waals surface area contributed by atoms with Crippen molar-refractivity contribution < 1.29 is 9.53 Å². The summed E-state index contributed by atoms with van der Waals surface area (Å²) in [6, 6.07) is 7.17. The van der Waals surface area contributed by atoms with E-state index in [1.54, 1.807) is 12.1 Å². The van der Waals surface area contributed by atoms with Crippen LogP contribution in [0.2, 0.25) is 0 Å². The number of carbonyl (C=O) groups is 1. The van der Waals surface area contributed by atoms with Crippen LogP contribution in [-0.4, -0.2) is 11.8 Å². The van der Waals surface area contributed by atoms with Crippen LogP contribution < -0.4 is 0 Å². The van der Waals surface area contributed by atoms with E-state index in [4.69, 9.17) is 16.3 Å². The van der Waals surface area contributed by atoms with Crippen molar-refractivity contribution >= 4 is 16.8 Å². The van der Waals surface area contributed by atoms with E-state index in [2.05, 4.69) is 0 Å². The Hall–Kier alpha value is -0.860. The molecule has 0 radical (unpaired) electrons. The number of hydrogen-bond donors (Lipinski definition) is 0. The van der Waals surface area contributed by atoms with E-state index in [-0.39, 0.29) is 6.10 Å². The highest BCUT2D eigenvalue weighted by Crippen LogP contribution is 2.29.